The quantitative estimate of drug-likeness (QED) is 0.625. The molecule has 35 heavy (non-hydrogen) atoms. The predicted molar refractivity (Wildman–Crippen MR) is 138 cm³/mol. The van der Waals surface area contributed by atoms with Crippen molar-refractivity contribution in [1.29, 1.82) is 0 Å². The van der Waals surface area contributed by atoms with Crippen molar-refractivity contribution in [3.8, 4) is 11.5 Å². The molecule has 1 amide bonds. The Hall–Kier alpha value is -3.39. The largest absolute Gasteiger partial charge is 0.502 e. The molecule has 8 heteroatoms. The van der Waals surface area contributed by atoms with E-state index in [0.29, 0.717) is 19.8 Å². The molecular formula is C27H29N3O4S. The van der Waals surface area contributed by atoms with E-state index in [1.807, 2.05) is 18.2 Å². The third-order valence-corrected chi connectivity index (χ3v) is 7.88. The summed E-state index contributed by atoms with van der Waals surface area (Å²) in [5.74, 6) is 0.767. The molecule has 7 nitrogen and oxygen atoms in total. The molecule has 0 spiro atoms. The van der Waals surface area contributed by atoms with Crippen molar-refractivity contribution in [2.45, 2.75) is 38.0 Å². The summed E-state index contributed by atoms with van der Waals surface area (Å²) in [6, 6.07) is 7.15. The first-order valence-corrected chi connectivity index (χ1v) is 12.9. The van der Waals surface area contributed by atoms with E-state index in [-0.39, 0.29) is 17.6 Å². The number of amides is 1. The number of pyridine rings is 1. The standard InChI is InChI=1S/C27H29N3O4S/c1-3-4-10-20-18(2)35-16-19-9-8-11-22-23(19)24(20)30-17-28(13-6-5-7-15-34-22)27(33)25-26(32)21(31)12-14-29(25)30/h3-4,8-12,14,24,32H,1,5-7,13,15-17H2,2H3/b10-4-/t24-/m1/s1. The van der Waals surface area contributed by atoms with Crippen LogP contribution in [0.3, 0.4) is 0 Å². The maximum absolute atomic E-state index is 13.4. The Bertz CT molecular complexity index is 1300. The highest BCUT2D eigenvalue weighted by atomic mass is 32.2. The fourth-order valence-electron chi connectivity index (χ4n) is 4.99. The normalized spacial score (nSPS) is 20.4. The van der Waals surface area contributed by atoms with E-state index in [9.17, 15) is 14.7 Å². The van der Waals surface area contributed by atoms with Gasteiger partial charge in [-0.25, -0.2) is 0 Å². The molecule has 0 aliphatic carbocycles. The Morgan fingerprint density at radius 1 is 1.20 bits per heavy atom. The minimum absolute atomic E-state index is 0.00219. The lowest BCUT2D eigenvalue weighted by atomic mass is 9.92. The van der Waals surface area contributed by atoms with Gasteiger partial charge in [0.15, 0.2) is 11.4 Å². The van der Waals surface area contributed by atoms with Gasteiger partial charge in [0.1, 0.15) is 18.5 Å². The molecule has 2 bridgehead atoms. The second-order valence-corrected chi connectivity index (χ2v) is 10.1. The van der Waals surface area contributed by atoms with E-state index in [2.05, 4.69) is 30.7 Å². The van der Waals surface area contributed by atoms with Crippen molar-refractivity contribution >= 4 is 17.7 Å². The minimum Gasteiger partial charge on any atom is -0.502 e. The van der Waals surface area contributed by atoms with Crippen LogP contribution < -0.4 is 15.2 Å². The fraction of sp³-hybridized carbons (Fsp3) is 0.333. The summed E-state index contributed by atoms with van der Waals surface area (Å²) < 4.78 is 8.00. The van der Waals surface area contributed by atoms with Crippen LogP contribution in [0, 0.1) is 0 Å². The lowest BCUT2D eigenvalue weighted by Crippen LogP contribution is -2.55. The summed E-state index contributed by atoms with van der Waals surface area (Å²) in [5.41, 5.74) is 2.69. The van der Waals surface area contributed by atoms with Gasteiger partial charge in [0.2, 0.25) is 5.43 Å². The van der Waals surface area contributed by atoms with Crippen molar-refractivity contribution in [2.24, 2.45) is 0 Å². The van der Waals surface area contributed by atoms with Gasteiger partial charge >= 0.3 is 0 Å². The van der Waals surface area contributed by atoms with Gasteiger partial charge in [-0.05, 0) is 48.3 Å². The molecule has 1 N–H and O–H groups in total. The van der Waals surface area contributed by atoms with Gasteiger partial charge in [-0.1, -0.05) is 36.9 Å². The van der Waals surface area contributed by atoms with Gasteiger partial charge in [0.05, 0.1) is 6.61 Å². The summed E-state index contributed by atoms with van der Waals surface area (Å²) in [6.45, 7) is 7.41. The lowest BCUT2D eigenvalue weighted by molar-refractivity contribution is 0.0674. The molecule has 1 atom stereocenters. The van der Waals surface area contributed by atoms with E-state index in [1.165, 1.54) is 6.07 Å². The lowest BCUT2D eigenvalue weighted by Gasteiger charge is -2.45. The minimum atomic E-state index is -0.563. The summed E-state index contributed by atoms with van der Waals surface area (Å²) in [5, 5.41) is 12.8. The first-order valence-electron chi connectivity index (χ1n) is 11.9. The first kappa shape index (κ1) is 23.4. The summed E-state index contributed by atoms with van der Waals surface area (Å²) >= 11 is 1.77. The number of ether oxygens (including phenoxy) is 1. The van der Waals surface area contributed by atoms with Crippen LogP contribution in [0.2, 0.25) is 0 Å². The van der Waals surface area contributed by atoms with Gasteiger partial charge < -0.3 is 14.7 Å². The van der Waals surface area contributed by atoms with Crippen molar-refractivity contribution in [3.63, 3.8) is 0 Å². The fourth-order valence-corrected chi connectivity index (χ4v) is 5.96. The Labute approximate surface area is 209 Å². The molecule has 4 heterocycles. The predicted octanol–water partition coefficient (Wildman–Crippen LogP) is 4.47. The third kappa shape index (κ3) is 4.16. The molecule has 1 aromatic heterocycles. The average molecular weight is 492 g/mol. The van der Waals surface area contributed by atoms with Gasteiger partial charge in [0, 0.05) is 30.1 Å². The van der Waals surface area contributed by atoms with E-state index in [4.69, 9.17) is 4.74 Å². The highest BCUT2D eigenvalue weighted by Crippen LogP contribution is 2.46. The number of carbonyl (C=O) groups excluding carboxylic acids is 1. The number of thioether (sulfide) groups is 1. The number of aromatic nitrogens is 1. The van der Waals surface area contributed by atoms with Crippen LogP contribution >= 0.6 is 11.8 Å². The molecular weight excluding hydrogens is 462 g/mol. The zero-order valence-electron chi connectivity index (χ0n) is 19.8. The van der Waals surface area contributed by atoms with Crippen molar-refractivity contribution in [2.75, 3.05) is 24.8 Å². The van der Waals surface area contributed by atoms with Gasteiger partial charge in [0.25, 0.3) is 5.91 Å². The van der Waals surface area contributed by atoms with Crippen LogP contribution in [0.5, 0.6) is 11.5 Å². The zero-order chi connectivity index (χ0) is 24.5. The molecule has 3 aliphatic heterocycles. The molecule has 1 aromatic carbocycles. The maximum Gasteiger partial charge on any atom is 0.277 e. The van der Waals surface area contributed by atoms with Crippen molar-refractivity contribution < 1.29 is 14.6 Å². The number of hydrogen-bond acceptors (Lipinski definition) is 6. The second kappa shape index (κ2) is 9.70. The Balaban J connectivity index is 1.82. The zero-order valence-corrected chi connectivity index (χ0v) is 20.6. The van der Waals surface area contributed by atoms with E-state index in [1.54, 1.807) is 33.6 Å². The van der Waals surface area contributed by atoms with Crippen molar-refractivity contribution in [3.05, 3.63) is 92.8 Å². The van der Waals surface area contributed by atoms with E-state index < -0.39 is 11.2 Å². The van der Waals surface area contributed by atoms with Crippen LogP contribution in [-0.4, -0.2) is 40.4 Å². The van der Waals surface area contributed by atoms with Gasteiger partial charge in [-0.3, -0.25) is 19.3 Å². The summed E-state index contributed by atoms with van der Waals surface area (Å²) in [7, 11) is 0. The van der Waals surface area contributed by atoms with Crippen LogP contribution in [0.1, 0.15) is 53.8 Å². The van der Waals surface area contributed by atoms with Crippen LogP contribution in [-0.2, 0) is 5.75 Å². The number of benzene rings is 1. The third-order valence-electron chi connectivity index (χ3n) is 6.75. The number of nitrogens with zero attached hydrogens (tertiary/aromatic N) is 3. The number of carbonyl (C=O) groups is 1. The Kier molecular flexibility index (Phi) is 6.47. The smallest absolute Gasteiger partial charge is 0.277 e. The van der Waals surface area contributed by atoms with Crippen molar-refractivity contribution in [1.82, 2.24) is 9.58 Å². The highest BCUT2D eigenvalue weighted by Gasteiger charge is 2.39. The van der Waals surface area contributed by atoms with Gasteiger partial charge in [-0.15, -0.1) is 11.8 Å². The number of hydrogen-bond donors (Lipinski definition) is 1. The molecule has 5 rings (SSSR count). The summed E-state index contributed by atoms with van der Waals surface area (Å²) in [4.78, 5) is 28.7. The number of rotatable bonds is 2. The topological polar surface area (TPSA) is 75.0 Å². The number of aromatic hydroxyl groups is 1. The average Bonchev–Trinajstić information content (AvgIpc) is 2.99. The molecule has 0 saturated heterocycles. The number of fused-ring (bicyclic) bond motifs is 5. The molecule has 0 radical (unpaired) electrons. The Morgan fingerprint density at radius 2 is 2.06 bits per heavy atom. The Morgan fingerprint density at radius 3 is 2.89 bits per heavy atom. The molecule has 2 aromatic rings. The first-order chi connectivity index (χ1) is 17.0. The molecule has 0 unspecified atom stereocenters. The van der Waals surface area contributed by atoms with Crippen LogP contribution in [0.4, 0.5) is 0 Å². The molecule has 182 valence electrons. The monoisotopic (exact) mass is 491 g/mol. The summed E-state index contributed by atoms with van der Waals surface area (Å²) in [6.07, 6.45) is 9.92. The SMILES string of the molecule is C=C/C=C\C1=C(C)SCc2cccc3c2[C@@H]1N1CN(CCCCCO3)C(=O)c2c(O)c(=O)ccn21. The second-order valence-electron chi connectivity index (χ2n) is 8.91. The molecule has 3 aliphatic rings. The van der Waals surface area contributed by atoms with E-state index >= 15 is 0 Å². The van der Waals surface area contributed by atoms with E-state index in [0.717, 1.165) is 52.4 Å². The molecule has 0 fully saturated rings. The maximum atomic E-state index is 13.4. The van der Waals surface area contributed by atoms with Crippen LogP contribution in [0.15, 0.2) is 70.5 Å². The van der Waals surface area contributed by atoms with Gasteiger partial charge in [-0.2, -0.15) is 0 Å². The van der Waals surface area contributed by atoms with Crippen LogP contribution in [0.25, 0.3) is 0 Å². The molecule has 0 saturated carbocycles. The highest BCUT2D eigenvalue weighted by molar-refractivity contribution is 8.02. The number of allylic oxidation sites excluding steroid dienone is 3.